The van der Waals surface area contributed by atoms with Gasteiger partial charge in [0.2, 0.25) is 0 Å². The maximum atomic E-state index is 12.2. The summed E-state index contributed by atoms with van der Waals surface area (Å²) in [7, 11) is 1.40. The van der Waals surface area contributed by atoms with Crippen LogP contribution in [0.1, 0.15) is 92.7 Å². The minimum Gasteiger partial charge on any atom is -0.465 e. The van der Waals surface area contributed by atoms with E-state index in [-0.39, 0.29) is 12.0 Å². The van der Waals surface area contributed by atoms with Crippen molar-refractivity contribution >= 4 is 12.1 Å². The molecule has 2 fully saturated rings. The molecule has 0 unspecified atom stereocenters. The van der Waals surface area contributed by atoms with Gasteiger partial charge in [0.25, 0.3) is 0 Å². The number of hydrogen-bond donors (Lipinski definition) is 2. The van der Waals surface area contributed by atoms with Gasteiger partial charge in [-0.15, -0.1) is 0 Å². The lowest BCUT2D eigenvalue weighted by Crippen LogP contribution is -2.47. The van der Waals surface area contributed by atoms with Gasteiger partial charge < -0.3 is 9.47 Å². The fourth-order valence-corrected chi connectivity index (χ4v) is 4.58. The van der Waals surface area contributed by atoms with Crippen molar-refractivity contribution in [2.75, 3.05) is 7.11 Å². The smallest absolute Gasteiger partial charge is 0.422 e. The standard InChI is InChI=1S/C25H34N4O4/c1-25(2,3)33-24(31)28-27-19-9-5-7-17(13-19)18-8-6-10-20(14-18)29-22(16-11-12-16)21(15-26-29)23(30)32-4/h6,8,10,14-17,19,27H,5,7,9,11-13H2,1-4H3,(H,28,31)/t17-,19-/m1/s1. The van der Waals surface area contributed by atoms with Gasteiger partial charge >= 0.3 is 12.1 Å². The number of methoxy groups -OCH3 is 1. The first-order valence-corrected chi connectivity index (χ1v) is 11.8. The lowest BCUT2D eigenvalue weighted by atomic mass is 9.81. The van der Waals surface area contributed by atoms with Crippen molar-refractivity contribution in [2.45, 2.75) is 82.8 Å². The van der Waals surface area contributed by atoms with E-state index in [1.807, 2.05) is 31.5 Å². The molecule has 2 aromatic rings. The van der Waals surface area contributed by atoms with Gasteiger partial charge in [-0.05, 0) is 76.5 Å². The summed E-state index contributed by atoms with van der Waals surface area (Å²) in [6.45, 7) is 5.54. The van der Waals surface area contributed by atoms with E-state index in [4.69, 9.17) is 9.47 Å². The number of rotatable bonds is 6. The first kappa shape index (κ1) is 23.3. The minimum atomic E-state index is -0.527. The number of nitrogens with one attached hydrogen (secondary N) is 2. The van der Waals surface area contributed by atoms with Crippen molar-refractivity contribution in [1.82, 2.24) is 20.6 Å². The van der Waals surface area contributed by atoms with Crippen LogP contribution in [0.5, 0.6) is 0 Å². The summed E-state index contributed by atoms with van der Waals surface area (Å²) >= 11 is 0. The third kappa shape index (κ3) is 5.74. The topological polar surface area (TPSA) is 94.5 Å². The fourth-order valence-electron chi connectivity index (χ4n) is 4.58. The molecule has 2 N–H and O–H groups in total. The third-order valence-corrected chi connectivity index (χ3v) is 6.21. The largest absolute Gasteiger partial charge is 0.465 e. The summed E-state index contributed by atoms with van der Waals surface area (Å²) in [4.78, 5) is 24.2. The summed E-state index contributed by atoms with van der Waals surface area (Å²) in [5.41, 5.74) is 9.03. The van der Waals surface area contributed by atoms with Crippen LogP contribution >= 0.6 is 0 Å². The highest BCUT2D eigenvalue weighted by Gasteiger charge is 2.33. The van der Waals surface area contributed by atoms with E-state index in [9.17, 15) is 9.59 Å². The minimum absolute atomic E-state index is 0.178. The summed E-state index contributed by atoms with van der Waals surface area (Å²) in [5.74, 6) is 0.391. The predicted molar refractivity (Wildman–Crippen MR) is 124 cm³/mol. The Bertz CT molecular complexity index is 1010. The zero-order chi connectivity index (χ0) is 23.6. The van der Waals surface area contributed by atoms with E-state index in [0.717, 1.165) is 49.9 Å². The number of aromatic nitrogens is 2. The molecule has 4 rings (SSSR count). The number of nitrogens with zero attached hydrogens (tertiary/aromatic N) is 2. The van der Waals surface area contributed by atoms with Gasteiger partial charge in [0.05, 0.1) is 24.7 Å². The van der Waals surface area contributed by atoms with Gasteiger partial charge in [-0.2, -0.15) is 5.10 Å². The van der Waals surface area contributed by atoms with Gasteiger partial charge in [-0.1, -0.05) is 18.6 Å². The number of carbonyl (C=O) groups is 2. The quantitative estimate of drug-likeness (QED) is 0.490. The van der Waals surface area contributed by atoms with Gasteiger partial charge in [0.15, 0.2) is 0 Å². The number of amides is 1. The molecule has 0 saturated heterocycles. The summed E-state index contributed by atoms with van der Waals surface area (Å²) in [5, 5.41) is 4.54. The average Bonchev–Trinajstić information content (AvgIpc) is 3.54. The van der Waals surface area contributed by atoms with Crippen LogP contribution in [0.2, 0.25) is 0 Å². The Morgan fingerprint density at radius 2 is 1.91 bits per heavy atom. The van der Waals surface area contributed by atoms with Crippen molar-refractivity contribution < 1.29 is 19.1 Å². The normalized spacial score (nSPS) is 20.8. The van der Waals surface area contributed by atoms with Crippen molar-refractivity contribution in [2.24, 2.45) is 0 Å². The monoisotopic (exact) mass is 454 g/mol. The average molecular weight is 455 g/mol. The maximum absolute atomic E-state index is 12.2. The number of hydrazine groups is 1. The van der Waals surface area contributed by atoms with Crippen LogP contribution in [0.15, 0.2) is 30.5 Å². The Kier molecular flexibility index (Phi) is 6.74. The molecule has 0 bridgehead atoms. The highest BCUT2D eigenvalue weighted by atomic mass is 16.6. The molecule has 1 aromatic heterocycles. The number of benzene rings is 1. The first-order valence-electron chi connectivity index (χ1n) is 11.8. The van der Waals surface area contributed by atoms with Crippen LogP contribution < -0.4 is 10.9 Å². The van der Waals surface area contributed by atoms with E-state index in [2.05, 4.69) is 34.1 Å². The number of ether oxygens (including phenoxy) is 2. The van der Waals surface area contributed by atoms with Crippen LogP contribution in [-0.4, -0.2) is 40.6 Å². The highest BCUT2D eigenvalue weighted by molar-refractivity contribution is 5.90. The Morgan fingerprint density at radius 3 is 2.61 bits per heavy atom. The van der Waals surface area contributed by atoms with Crippen LogP contribution in [0, 0.1) is 0 Å². The molecular formula is C25H34N4O4. The molecule has 0 aliphatic heterocycles. The SMILES string of the molecule is COC(=O)c1cnn(-c2cccc([C@@H]3CCC[C@@H](NNC(=O)OC(C)(C)C)C3)c2)c1C1CC1. The molecule has 8 nitrogen and oxygen atoms in total. The first-order chi connectivity index (χ1) is 15.7. The van der Waals surface area contributed by atoms with Crippen LogP contribution in [-0.2, 0) is 9.47 Å². The van der Waals surface area contributed by atoms with Crippen molar-refractivity contribution in [3.63, 3.8) is 0 Å². The molecule has 2 saturated carbocycles. The zero-order valence-corrected chi connectivity index (χ0v) is 19.9. The predicted octanol–water partition coefficient (Wildman–Crippen LogP) is 4.59. The molecule has 2 aliphatic carbocycles. The van der Waals surface area contributed by atoms with Gasteiger partial charge in [0.1, 0.15) is 11.2 Å². The Labute approximate surface area is 195 Å². The van der Waals surface area contributed by atoms with Crippen molar-refractivity contribution in [1.29, 1.82) is 0 Å². The second kappa shape index (κ2) is 9.55. The van der Waals surface area contributed by atoms with E-state index in [1.165, 1.54) is 12.7 Å². The van der Waals surface area contributed by atoms with Crippen LogP contribution in [0.4, 0.5) is 4.79 Å². The molecule has 2 aliphatic rings. The Hall–Kier alpha value is -2.87. The van der Waals surface area contributed by atoms with Crippen LogP contribution in [0.25, 0.3) is 5.69 Å². The lowest BCUT2D eigenvalue weighted by molar-refractivity contribution is 0.0480. The van der Waals surface area contributed by atoms with Crippen LogP contribution in [0.3, 0.4) is 0 Å². The van der Waals surface area contributed by atoms with E-state index in [1.54, 1.807) is 6.20 Å². The molecule has 178 valence electrons. The molecule has 2 atom stereocenters. The molecule has 1 aromatic carbocycles. The second-order valence-electron chi connectivity index (χ2n) is 10.0. The number of carbonyl (C=O) groups excluding carboxylic acids is 2. The van der Waals surface area contributed by atoms with Gasteiger partial charge in [-0.25, -0.2) is 19.7 Å². The van der Waals surface area contributed by atoms with Gasteiger partial charge in [-0.3, -0.25) is 5.43 Å². The summed E-state index contributed by atoms with van der Waals surface area (Å²) in [6.07, 6.45) is 7.38. The maximum Gasteiger partial charge on any atom is 0.422 e. The Morgan fingerprint density at radius 1 is 1.12 bits per heavy atom. The number of esters is 1. The van der Waals surface area contributed by atoms with E-state index in [0.29, 0.717) is 17.4 Å². The molecular weight excluding hydrogens is 420 g/mol. The lowest BCUT2D eigenvalue weighted by Gasteiger charge is -2.30. The molecule has 1 amide bonds. The van der Waals surface area contributed by atoms with E-state index < -0.39 is 11.7 Å². The second-order valence-corrected chi connectivity index (χ2v) is 10.0. The highest BCUT2D eigenvalue weighted by Crippen LogP contribution is 2.43. The summed E-state index contributed by atoms with van der Waals surface area (Å²) < 4.78 is 12.2. The molecule has 0 spiro atoms. The third-order valence-electron chi connectivity index (χ3n) is 6.21. The van der Waals surface area contributed by atoms with E-state index >= 15 is 0 Å². The molecule has 1 heterocycles. The Balaban J connectivity index is 1.47. The summed E-state index contributed by atoms with van der Waals surface area (Å²) in [6, 6.07) is 8.59. The number of hydrogen-bond acceptors (Lipinski definition) is 6. The molecule has 0 radical (unpaired) electrons. The molecule has 8 heteroatoms. The fraction of sp³-hybridized carbons (Fsp3) is 0.560. The van der Waals surface area contributed by atoms with Crippen molar-refractivity contribution in [3.05, 3.63) is 47.3 Å². The molecule has 33 heavy (non-hydrogen) atoms. The van der Waals surface area contributed by atoms with Gasteiger partial charge in [0, 0.05) is 12.0 Å². The zero-order valence-electron chi connectivity index (χ0n) is 19.9. The van der Waals surface area contributed by atoms with Crippen molar-refractivity contribution in [3.8, 4) is 5.69 Å².